The van der Waals surface area contributed by atoms with Gasteiger partial charge in [0.25, 0.3) is 11.6 Å². The third-order valence-electron chi connectivity index (χ3n) is 5.74. The van der Waals surface area contributed by atoms with Crippen molar-refractivity contribution in [2.45, 2.75) is 25.8 Å². The summed E-state index contributed by atoms with van der Waals surface area (Å²) in [5.74, 6) is -0.181. The van der Waals surface area contributed by atoms with Gasteiger partial charge in [-0.15, -0.1) is 0 Å². The van der Waals surface area contributed by atoms with Crippen molar-refractivity contribution in [3.05, 3.63) is 69.3 Å². The van der Waals surface area contributed by atoms with E-state index in [9.17, 15) is 14.9 Å². The molecule has 7 heteroatoms. The number of amides is 1. The smallest absolute Gasteiger partial charge is 0.293 e. The molecule has 29 heavy (non-hydrogen) atoms. The molecule has 2 aliphatic heterocycles. The second kappa shape index (κ2) is 8.21. The molecule has 2 aromatic carbocycles. The minimum Gasteiger partial charge on any atom is -0.378 e. The van der Waals surface area contributed by atoms with Crippen molar-refractivity contribution in [2.75, 3.05) is 37.7 Å². The highest BCUT2D eigenvalue weighted by Gasteiger charge is 2.32. The number of hydrogen-bond acceptors (Lipinski definition) is 5. The fourth-order valence-corrected chi connectivity index (χ4v) is 4.18. The summed E-state index contributed by atoms with van der Waals surface area (Å²) in [7, 11) is 0. The SMILES string of the molecule is Cc1ccc([C@H]2CCCN2c2ccc(C(=O)N3CCOCC3)cc2[N+](=O)[O-])cc1. The van der Waals surface area contributed by atoms with E-state index in [0.29, 0.717) is 37.6 Å². The van der Waals surface area contributed by atoms with Gasteiger partial charge in [-0.25, -0.2) is 0 Å². The van der Waals surface area contributed by atoms with Crippen LogP contribution >= 0.6 is 0 Å². The Hall–Kier alpha value is -2.93. The number of nitro groups is 1. The summed E-state index contributed by atoms with van der Waals surface area (Å²) < 4.78 is 5.29. The highest BCUT2D eigenvalue weighted by molar-refractivity contribution is 5.96. The van der Waals surface area contributed by atoms with Crippen LogP contribution in [0.25, 0.3) is 0 Å². The van der Waals surface area contributed by atoms with Crippen LogP contribution in [-0.2, 0) is 4.74 Å². The lowest BCUT2D eigenvalue weighted by Gasteiger charge is -2.28. The van der Waals surface area contributed by atoms with Gasteiger partial charge in [-0.3, -0.25) is 14.9 Å². The maximum Gasteiger partial charge on any atom is 0.293 e. The molecule has 0 saturated carbocycles. The monoisotopic (exact) mass is 395 g/mol. The summed E-state index contributed by atoms with van der Waals surface area (Å²) in [5, 5.41) is 11.9. The Kier molecular flexibility index (Phi) is 5.49. The van der Waals surface area contributed by atoms with Gasteiger partial charge in [-0.05, 0) is 37.5 Å². The van der Waals surface area contributed by atoms with Crippen LogP contribution < -0.4 is 4.90 Å². The average molecular weight is 395 g/mol. The molecule has 0 spiro atoms. The zero-order valence-electron chi connectivity index (χ0n) is 16.5. The van der Waals surface area contributed by atoms with Gasteiger partial charge >= 0.3 is 0 Å². The Morgan fingerprint density at radius 3 is 2.52 bits per heavy atom. The fraction of sp³-hybridized carbons (Fsp3) is 0.409. The number of nitrogens with zero attached hydrogens (tertiary/aromatic N) is 3. The van der Waals surface area contributed by atoms with Crippen molar-refractivity contribution in [3.8, 4) is 0 Å². The molecule has 0 unspecified atom stereocenters. The third-order valence-corrected chi connectivity index (χ3v) is 5.74. The molecule has 7 nitrogen and oxygen atoms in total. The summed E-state index contributed by atoms with van der Waals surface area (Å²) >= 11 is 0. The van der Waals surface area contributed by atoms with Gasteiger partial charge in [0.1, 0.15) is 5.69 Å². The molecule has 4 rings (SSSR count). The molecular formula is C22H25N3O4. The Morgan fingerprint density at radius 1 is 1.10 bits per heavy atom. The van der Waals surface area contributed by atoms with E-state index in [1.165, 1.54) is 11.6 Å². The third kappa shape index (κ3) is 3.96. The molecule has 0 aromatic heterocycles. The van der Waals surface area contributed by atoms with Crippen LogP contribution in [0.4, 0.5) is 11.4 Å². The number of nitro benzene ring substituents is 1. The maximum atomic E-state index is 12.8. The number of carbonyl (C=O) groups excluding carboxylic acids is 1. The van der Waals surface area contributed by atoms with E-state index >= 15 is 0 Å². The Bertz CT molecular complexity index is 907. The van der Waals surface area contributed by atoms with E-state index in [1.54, 1.807) is 17.0 Å². The van der Waals surface area contributed by atoms with Crippen LogP contribution in [0.1, 0.15) is 40.4 Å². The number of carbonyl (C=O) groups is 1. The van der Waals surface area contributed by atoms with Crippen LogP contribution in [0.3, 0.4) is 0 Å². The molecule has 0 aliphatic carbocycles. The van der Waals surface area contributed by atoms with E-state index in [1.807, 2.05) is 6.92 Å². The normalized spacial score (nSPS) is 19.4. The molecule has 1 atom stereocenters. The van der Waals surface area contributed by atoms with Crippen LogP contribution in [0, 0.1) is 17.0 Å². The lowest BCUT2D eigenvalue weighted by atomic mass is 10.0. The predicted octanol–water partition coefficient (Wildman–Crippen LogP) is 3.72. The van der Waals surface area contributed by atoms with E-state index in [2.05, 4.69) is 29.2 Å². The zero-order valence-corrected chi connectivity index (χ0v) is 16.5. The first-order valence-corrected chi connectivity index (χ1v) is 10.0. The zero-order chi connectivity index (χ0) is 20.4. The van der Waals surface area contributed by atoms with Gasteiger partial charge in [0.15, 0.2) is 0 Å². The standard InChI is InChI=1S/C22H25N3O4/c1-16-4-6-17(7-5-16)19-3-2-10-24(19)20-9-8-18(15-21(20)25(27)28)22(26)23-11-13-29-14-12-23/h4-9,15,19H,2-3,10-14H2,1H3/t19-/m1/s1. The summed E-state index contributed by atoms with van der Waals surface area (Å²) in [4.78, 5) is 28.0. The number of ether oxygens (including phenoxy) is 1. The molecule has 152 valence electrons. The van der Waals surface area contributed by atoms with Crippen LogP contribution in [0.2, 0.25) is 0 Å². The summed E-state index contributed by atoms with van der Waals surface area (Å²) in [6.45, 7) is 4.82. The number of aryl methyl sites for hydroxylation is 1. The van der Waals surface area contributed by atoms with Gasteiger partial charge in [0.2, 0.25) is 0 Å². The van der Waals surface area contributed by atoms with Crippen molar-refractivity contribution in [3.63, 3.8) is 0 Å². The van der Waals surface area contributed by atoms with Crippen molar-refractivity contribution in [2.24, 2.45) is 0 Å². The lowest BCUT2D eigenvalue weighted by molar-refractivity contribution is -0.384. The van der Waals surface area contributed by atoms with E-state index in [4.69, 9.17) is 4.74 Å². The lowest BCUT2D eigenvalue weighted by Crippen LogP contribution is -2.40. The van der Waals surface area contributed by atoms with Crippen molar-refractivity contribution in [1.29, 1.82) is 0 Å². The highest BCUT2D eigenvalue weighted by atomic mass is 16.6. The molecule has 2 aliphatic rings. The minimum atomic E-state index is -0.379. The van der Waals surface area contributed by atoms with E-state index in [-0.39, 0.29) is 22.6 Å². The number of hydrogen-bond donors (Lipinski definition) is 0. The minimum absolute atomic E-state index is 0.0110. The molecule has 2 fully saturated rings. The molecule has 2 heterocycles. The average Bonchev–Trinajstić information content (AvgIpc) is 3.23. The van der Waals surface area contributed by atoms with Crippen molar-refractivity contribution >= 4 is 17.3 Å². The van der Waals surface area contributed by atoms with Crippen molar-refractivity contribution < 1.29 is 14.5 Å². The Morgan fingerprint density at radius 2 is 1.83 bits per heavy atom. The van der Waals surface area contributed by atoms with E-state index < -0.39 is 0 Å². The molecule has 0 bridgehead atoms. The molecule has 1 amide bonds. The van der Waals surface area contributed by atoms with Gasteiger partial charge in [-0.2, -0.15) is 0 Å². The Balaban J connectivity index is 1.65. The first-order chi connectivity index (χ1) is 14.0. The maximum absolute atomic E-state index is 12.8. The second-order valence-electron chi connectivity index (χ2n) is 7.63. The number of benzene rings is 2. The molecule has 0 radical (unpaired) electrons. The first-order valence-electron chi connectivity index (χ1n) is 10.0. The molecule has 0 N–H and O–H groups in total. The first kappa shape index (κ1) is 19.4. The predicted molar refractivity (Wildman–Crippen MR) is 110 cm³/mol. The number of morpholine rings is 1. The fourth-order valence-electron chi connectivity index (χ4n) is 4.18. The number of anilines is 1. The second-order valence-corrected chi connectivity index (χ2v) is 7.63. The summed E-state index contributed by atoms with van der Waals surface area (Å²) in [6, 6.07) is 13.3. The topological polar surface area (TPSA) is 75.9 Å². The van der Waals surface area contributed by atoms with Crippen LogP contribution in [0.5, 0.6) is 0 Å². The molecule has 2 saturated heterocycles. The van der Waals surface area contributed by atoms with Crippen molar-refractivity contribution in [1.82, 2.24) is 4.90 Å². The molecular weight excluding hydrogens is 370 g/mol. The highest BCUT2D eigenvalue weighted by Crippen LogP contribution is 2.40. The van der Waals surface area contributed by atoms with Gasteiger partial charge in [0.05, 0.1) is 24.2 Å². The quantitative estimate of drug-likeness (QED) is 0.583. The molecule has 2 aromatic rings. The summed E-state index contributed by atoms with van der Waals surface area (Å²) in [6.07, 6.45) is 1.93. The summed E-state index contributed by atoms with van der Waals surface area (Å²) in [5.41, 5.74) is 3.28. The van der Waals surface area contributed by atoms with Crippen LogP contribution in [-0.4, -0.2) is 48.6 Å². The van der Waals surface area contributed by atoms with Gasteiger partial charge < -0.3 is 14.5 Å². The largest absolute Gasteiger partial charge is 0.378 e. The van der Waals surface area contributed by atoms with E-state index in [0.717, 1.165) is 24.9 Å². The van der Waals surface area contributed by atoms with Gasteiger partial charge in [-0.1, -0.05) is 29.8 Å². The number of rotatable bonds is 4. The van der Waals surface area contributed by atoms with Gasteiger partial charge in [0, 0.05) is 31.3 Å². The Labute approximate surface area is 170 Å². The van der Waals surface area contributed by atoms with Crippen LogP contribution in [0.15, 0.2) is 42.5 Å².